The maximum Gasteiger partial charge on any atom is 0.293 e. The van der Waals surface area contributed by atoms with Gasteiger partial charge in [-0.2, -0.15) is 0 Å². The minimum Gasteiger partial charge on any atom is -0.459 e. The topological polar surface area (TPSA) is 51.2 Å². The summed E-state index contributed by atoms with van der Waals surface area (Å²) in [6.45, 7) is 1.32. The third kappa shape index (κ3) is 2.50. The van der Waals surface area contributed by atoms with E-state index in [4.69, 9.17) is 4.74 Å². The molecule has 0 saturated carbocycles. The predicted molar refractivity (Wildman–Crippen MR) is 76.3 cm³/mol. The molecule has 0 spiro atoms. The van der Waals surface area contributed by atoms with E-state index < -0.39 is 0 Å². The molecule has 2 unspecified atom stereocenters. The Hall–Kier alpha value is -2.36. The number of hydrogen-bond donors (Lipinski definition) is 1. The summed E-state index contributed by atoms with van der Waals surface area (Å²) in [5.74, 6) is 0.208. The van der Waals surface area contributed by atoms with Crippen LogP contribution in [0.25, 0.3) is 0 Å². The second kappa shape index (κ2) is 5.74. The predicted octanol–water partition coefficient (Wildman–Crippen LogP) is 2.58. The Kier molecular flexibility index (Phi) is 3.63. The molecule has 1 N–H and O–H groups in total. The van der Waals surface area contributed by atoms with Gasteiger partial charge in [-0.05, 0) is 23.6 Å². The molecule has 0 saturated heterocycles. The molecule has 0 amide bonds. The molecular weight excluding hydrogens is 252 g/mol. The highest BCUT2D eigenvalue weighted by Crippen LogP contribution is 2.33. The molecule has 2 atom stereocenters. The van der Waals surface area contributed by atoms with Crippen LogP contribution in [0.5, 0.6) is 0 Å². The van der Waals surface area contributed by atoms with E-state index >= 15 is 0 Å². The van der Waals surface area contributed by atoms with Crippen molar-refractivity contribution in [3.05, 3.63) is 59.9 Å². The highest BCUT2D eigenvalue weighted by Gasteiger charge is 2.28. The highest BCUT2D eigenvalue weighted by molar-refractivity contribution is 5.52. The van der Waals surface area contributed by atoms with E-state index in [1.165, 1.54) is 5.56 Å². The van der Waals surface area contributed by atoms with Crippen LogP contribution < -0.4 is 5.32 Å². The molecule has 1 aromatic carbocycles. The molecule has 1 aromatic heterocycles. The number of aromatic nitrogens is 1. The van der Waals surface area contributed by atoms with Crippen molar-refractivity contribution >= 4 is 12.2 Å². The van der Waals surface area contributed by atoms with E-state index in [9.17, 15) is 4.79 Å². The van der Waals surface area contributed by atoms with Crippen molar-refractivity contribution in [3.8, 4) is 0 Å². The smallest absolute Gasteiger partial charge is 0.293 e. The van der Waals surface area contributed by atoms with E-state index in [0.717, 1.165) is 24.2 Å². The Morgan fingerprint density at radius 1 is 1.30 bits per heavy atom. The lowest BCUT2D eigenvalue weighted by atomic mass is 9.87. The Bertz CT molecular complexity index is 586. The normalized spacial score (nSPS) is 18.5. The molecule has 1 aliphatic heterocycles. The number of hydrogen-bond acceptors (Lipinski definition) is 4. The number of fused-ring (bicyclic) bond motifs is 1. The van der Waals surface area contributed by atoms with Gasteiger partial charge in [0.1, 0.15) is 6.10 Å². The zero-order valence-electron chi connectivity index (χ0n) is 11.0. The number of nitrogens with zero attached hydrogens (tertiary/aromatic N) is 1. The first-order chi connectivity index (χ1) is 9.88. The quantitative estimate of drug-likeness (QED) is 0.866. The highest BCUT2D eigenvalue weighted by atomic mass is 16.5. The molecule has 0 aliphatic carbocycles. The zero-order chi connectivity index (χ0) is 13.8. The summed E-state index contributed by atoms with van der Waals surface area (Å²) < 4.78 is 5.34. The summed E-state index contributed by atoms with van der Waals surface area (Å²) in [7, 11) is 0. The van der Waals surface area contributed by atoms with Gasteiger partial charge in [0.25, 0.3) is 6.47 Å². The van der Waals surface area contributed by atoms with Gasteiger partial charge in [-0.25, -0.2) is 0 Å². The first-order valence-electron chi connectivity index (χ1n) is 6.69. The average Bonchev–Trinajstić information content (AvgIpc) is 2.53. The fraction of sp³-hybridized carbons (Fsp3) is 0.250. The Morgan fingerprint density at radius 3 is 2.95 bits per heavy atom. The molecule has 2 aromatic rings. The van der Waals surface area contributed by atoms with Crippen LogP contribution in [0, 0.1) is 5.92 Å². The molecule has 4 nitrogen and oxygen atoms in total. The second-order valence-corrected chi connectivity index (χ2v) is 4.94. The molecule has 1 aliphatic rings. The van der Waals surface area contributed by atoms with Gasteiger partial charge < -0.3 is 10.1 Å². The largest absolute Gasteiger partial charge is 0.459 e. The van der Waals surface area contributed by atoms with Gasteiger partial charge in [0.05, 0.1) is 0 Å². The van der Waals surface area contributed by atoms with Crippen LogP contribution in [-0.4, -0.2) is 18.0 Å². The van der Waals surface area contributed by atoms with Crippen molar-refractivity contribution in [2.45, 2.75) is 12.5 Å². The molecular formula is C16H16N2O2. The number of ether oxygens (including phenoxy) is 1. The summed E-state index contributed by atoms with van der Waals surface area (Å²) in [6.07, 6.45) is 4.28. The molecule has 4 heteroatoms. The third-order valence-corrected chi connectivity index (χ3v) is 3.70. The lowest BCUT2D eigenvalue weighted by molar-refractivity contribution is -0.136. The Morgan fingerprint density at radius 2 is 2.15 bits per heavy atom. The van der Waals surface area contributed by atoms with Crippen molar-refractivity contribution in [3.63, 3.8) is 0 Å². The summed E-state index contributed by atoms with van der Waals surface area (Å²) in [6, 6.07) is 11.8. The van der Waals surface area contributed by atoms with Crippen LogP contribution in [0.15, 0.2) is 48.8 Å². The summed E-state index contributed by atoms with van der Waals surface area (Å²) in [5.41, 5.74) is 3.31. The van der Waals surface area contributed by atoms with E-state index in [1.807, 2.05) is 42.6 Å². The van der Waals surface area contributed by atoms with Crippen molar-refractivity contribution in [1.29, 1.82) is 0 Å². The first kappa shape index (κ1) is 12.7. The fourth-order valence-corrected chi connectivity index (χ4v) is 2.74. The van der Waals surface area contributed by atoms with Crippen molar-refractivity contribution in [2.75, 3.05) is 11.9 Å². The standard InChI is InChI=1S/C16H16N2O2/c19-11-20-16(12-4-2-1-3-5-12)14-8-13-9-17-7-6-15(13)18-10-14/h1-7,9,11,14,16,18H,8,10H2. The summed E-state index contributed by atoms with van der Waals surface area (Å²) in [4.78, 5) is 15.0. The molecule has 102 valence electrons. The van der Waals surface area contributed by atoms with E-state index in [1.54, 1.807) is 6.20 Å². The van der Waals surface area contributed by atoms with E-state index in [-0.39, 0.29) is 12.0 Å². The van der Waals surface area contributed by atoms with Crippen molar-refractivity contribution in [2.24, 2.45) is 5.92 Å². The SMILES string of the molecule is O=COC(c1ccccc1)C1CNc2ccncc2C1. The number of benzene rings is 1. The van der Waals surface area contributed by atoms with Gasteiger partial charge >= 0.3 is 0 Å². The monoisotopic (exact) mass is 268 g/mol. The van der Waals surface area contributed by atoms with E-state index in [0.29, 0.717) is 6.47 Å². The van der Waals surface area contributed by atoms with Crippen LogP contribution >= 0.6 is 0 Å². The van der Waals surface area contributed by atoms with Crippen molar-refractivity contribution < 1.29 is 9.53 Å². The van der Waals surface area contributed by atoms with Gasteiger partial charge in [-0.1, -0.05) is 30.3 Å². The molecule has 0 fully saturated rings. The third-order valence-electron chi connectivity index (χ3n) is 3.70. The van der Waals surface area contributed by atoms with Gasteiger partial charge in [0.2, 0.25) is 0 Å². The summed E-state index contributed by atoms with van der Waals surface area (Å²) in [5, 5.41) is 3.39. The number of rotatable bonds is 4. The van der Waals surface area contributed by atoms with Gasteiger partial charge in [0, 0.05) is 30.5 Å². The number of carbonyl (C=O) groups is 1. The molecule has 0 bridgehead atoms. The van der Waals surface area contributed by atoms with Crippen molar-refractivity contribution in [1.82, 2.24) is 4.98 Å². The minimum absolute atomic E-state index is 0.208. The maximum absolute atomic E-state index is 10.8. The number of pyridine rings is 1. The maximum atomic E-state index is 10.8. The Balaban J connectivity index is 1.85. The second-order valence-electron chi connectivity index (χ2n) is 4.94. The zero-order valence-corrected chi connectivity index (χ0v) is 11.0. The van der Waals surface area contributed by atoms with Crippen LogP contribution in [0.1, 0.15) is 17.2 Å². The van der Waals surface area contributed by atoms with Crippen LogP contribution in [0.4, 0.5) is 5.69 Å². The average molecular weight is 268 g/mol. The van der Waals surface area contributed by atoms with Gasteiger partial charge in [0.15, 0.2) is 0 Å². The van der Waals surface area contributed by atoms with Gasteiger partial charge in [-0.15, -0.1) is 0 Å². The van der Waals surface area contributed by atoms with Gasteiger partial charge in [-0.3, -0.25) is 9.78 Å². The van der Waals surface area contributed by atoms with E-state index in [2.05, 4.69) is 10.3 Å². The first-order valence-corrected chi connectivity index (χ1v) is 6.69. The molecule has 3 rings (SSSR count). The summed E-state index contributed by atoms with van der Waals surface area (Å²) >= 11 is 0. The number of carbonyl (C=O) groups excluding carboxylic acids is 1. The fourth-order valence-electron chi connectivity index (χ4n) is 2.74. The number of nitrogens with one attached hydrogen (secondary N) is 1. The Labute approximate surface area is 117 Å². The van der Waals surface area contributed by atoms with Crippen LogP contribution in [-0.2, 0) is 16.0 Å². The molecule has 2 heterocycles. The van der Waals surface area contributed by atoms with Crippen LogP contribution in [0.3, 0.4) is 0 Å². The minimum atomic E-state index is -0.227. The van der Waals surface area contributed by atoms with Crippen LogP contribution in [0.2, 0.25) is 0 Å². The number of anilines is 1. The lowest BCUT2D eigenvalue weighted by Gasteiger charge is -2.31. The molecule has 20 heavy (non-hydrogen) atoms. The lowest BCUT2D eigenvalue weighted by Crippen LogP contribution is -2.29. The molecule has 0 radical (unpaired) electrons.